The summed E-state index contributed by atoms with van der Waals surface area (Å²) >= 11 is 0. The quantitative estimate of drug-likeness (QED) is 0.390. The Morgan fingerprint density at radius 2 is 2.00 bits per heavy atom. The number of ether oxygens (including phenoxy) is 1. The molecule has 1 heterocycles. The van der Waals surface area contributed by atoms with Crippen molar-refractivity contribution in [2.45, 2.75) is 6.92 Å². The zero-order valence-electron chi connectivity index (χ0n) is 9.30. The van der Waals surface area contributed by atoms with Gasteiger partial charge in [0.2, 0.25) is 5.43 Å². The minimum Gasteiger partial charge on any atom is -0.421 e. The van der Waals surface area contributed by atoms with Gasteiger partial charge in [0, 0.05) is 28.2 Å². The molecule has 0 saturated heterocycles. The van der Waals surface area contributed by atoms with Crippen molar-refractivity contribution in [1.82, 2.24) is 4.37 Å². The molecule has 6 heteroatoms. The van der Waals surface area contributed by atoms with Gasteiger partial charge in [-0.25, -0.2) is 0 Å². The fourth-order valence-corrected chi connectivity index (χ4v) is 3.74. The molecule has 0 saturated carbocycles. The van der Waals surface area contributed by atoms with Crippen molar-refractivity contribution in [1.29, 1.82) is 0 Å². The molecule has 0 spiro atoms. The van der Waals surface area contributed by atoms with Crippen LogP contribution in [0.2, 0.25) is 0 Å². The van der Waals surface area contributed by atoms with E-state index in [0.29, 0.717) is 10.3 Å². The van der Waals surface area contributed by atoms with Crippen LogP contribution in [0.1, 0.15) is 6.92 Å². The van der Waals surface area contributed by atoms with Crippen LogP contribution in [-0.2, 0) is 4.79 Å². The Labute approximate surface area is 109 Å². The smallest absolute Gasteiger partial charge is 0.308 e. The van der Waals surface area contributed by atoms with Gasteiger partial charge in [0.25, 0.3) is 0 Å². The van der Waals surface area contributed by atoms with Gasteiger partial charge in [0.05, 0.1) is 0 Å². The molecule has 0 bridgehead atoms. The zero-order valence-corrected chi connectivity index (χ0v) is 10.9. The summed E-state index contributed by atoms with van der Waals surface area (Å²) in [6, 6.07) is 7.21. The summed E-state index contributed by atoms with van der Waals surface area (Å²) in [5, 5.41) is 1.32. The van der Waals surface area contributed by atoms with Crippen molar-refractivity contribution >= 4 is 37.6 Å². The van der Waals surface area contributed by atoms with Crippen LogP contribution in [0.15, 0.2) is 29.1 Å². The fraction of sp³-hybridized carbons (Fsp3) is 0.0833. The van der Waals surface area contributed by atoms with Gasteiger partial charge >= 0.3 is 5.97 Å². The Morgan fingerprint density at radius 1 is 1.28 bits per heavy atom. The zero-order chi connectivity index (χ0) is 12.7. The first-order valence-electron chi connectivity index (χ1n) is 5.17. The molecule has 0 amide bonds. The van der Waals surface area contributed by atoms with Gasteiger partial charge in [-0.1, -0.05) is 34.6 Å². The highest BCUT2D eigenvalue weighted by Gasteiger charge is 2.22. The van der Waals surface area contributed by atoms with E-state index in [0.717, 1.165) is 11.1 Å². The van der Waals surface area contributed by atoms with Crippen LogP contribution in [0.4, 0.5) is 0 Å². The molecule has 1 aromatic rings. The minimum absolute atomic E-state index is 0.0925. The van der Waals surface area contributed by atoms with Crippen molar-refractivity contribution in [3.05, 3.63) is 34.5 Å². The molecule has 18 heavy (non-hydrogen) atoms. The lowest BCUT2D eigenvalue weighted by Gasteiger charge is -2.07. The molecule has 4 nitrogen and oxygen atoms in total. The first kappa shape index (κ1) is 11.3. The number of rotatable bonds is 1. The number of fused-ring (bicyclic) bond motifs is 3. The number of benzene rings is 2. The number of aromatic nitrogens is 1. The lowest BCUT2D eigenvalue weighted by molar-refractivity contribution is -0.131. The van der Waals surface area contributed by atoms with Crippen LogP contribution < -0.4 is 10.2 Å². The van der Waals surface area contributed by atoms with Crippen LogP contribution in [0.3, 0.4) is 0 Å². The summed E-state index contributed by atoms with van der Waals surface area (Å²) < 4.78 is 9.34. The number of carbonyl (C=O) groups is 1. The largest absolute Gasteiger partial charge is 0.421 e. The lowest BCUT2D eigenvalue weighted by Crippen LogP contribution is -2.13. The van der Waals surface area contributed by atoms with Crippen LogP contribution >= 0.6 is 20.9 Å². The molecular weight excluding hydrogens is 270 g/mol. The van der Waals surface area contributed by atoms with E-state index in [4.69, 9.17) is 4.74 Å². The van der Waals surface area contributed by atoms with E-state index >= 15 is 0 Å². The third-order valence-electron chi connectivity index (χ3n) is 2.55. The second-order valence-corrected chi connectivity index (χ2v) is 5.58. The average molecular weight is 277 g/mol. The third-order valence-corrected chi connectivity index (χ3v) is 4.37. The van der Waals surface area contributed by atoms with Gasteiger partial charge < -0.3 is 4.74 Å². The van der Waals surface area contributed by atoms with Crippen molar-refractivity contribution in [3.63, 3.8) is 0 Å². The van der Waals surface area contributed by atoms with E-state index in [2.05, 4.69) is 4.37 Å². The fourth-order valence-electron chi connectivity index (χ4n) is 1.84. The molecule has 90 valence electrons. The highest BCUT2D eigenvalue weighted by atomic mass is 32.9. The molecule has 1 aliphatic heterocycles. The molecule has 0 aromatic heterocycles. The van der Waals surface area contributed by atoms with Crippen LogP contribution in [0.25, 0.3) is 21.3 Å². The van der Waals surface area contributed by atoms with E-state index in [-0.39, 0.29) is 11.2 Å². The standard InChI is InChI=1S/C12H7NO3S2/c1-6(14)16-11-10(15)8-5-3-2-4-7(8)9-12(11)17-18-13-9/h2-5H,1H3. The molecule has 1 aliphatic carbocycles. The third kappa shape index (κ3) is 1.61. The highest BCUT2D eigenvalue weighted by molar-refractivity contribution is 7.68. The Balaban J connectivity index is 2.47. The van der Waals surface area contributed by atoms with Crippen LogP contribution in [0.5, 0.6) is 5.75 Å². The summed E-state index contributed by atoms with van der Waals surface area (Å²) in [5.74, 6) is -0.406. The summed E-state index contributed by atoms with van der Waals surface area (Å²) in [5.41, 5.74) is 0.459. The van der Waals surface area contributed by atoms with Gasteiger partial charge in [-0.3, -0.25) is 9.59 Å². The highest BCUT2D eigenvalue weighted by Crippen LogP contribution is 2.39. The molecule has 0 N–H and O–H groups in total. The topological polar surface area (TPSA) is 56.3 Å². The molecule has 3 rings (SSSR count). The number of esters is 1. The van der Waals surface area contributed by atoms with E-state index in [1.54, 1.807) is 12.1 Å². The first-order valence-corrected chi connectivity index (χ1v) is 7.28. The van der Waals surface area contributed by atoms with E-state index in [1.807, 2.05) is 12.1 Å². The normalized spacial score (nSPS) is 10.9. The Kier molecular flexibility index (Phi) is 2.61. The van der Waals surface area contributed by atoms with E-state index in [1.165, 1.54) is 27.8 Å². The Morgan fingerprint density at radius 3 is 2.72 bits per heavy atom. The number of carbonyl (C=O) groups excluding carboxylic acids is 1. The molecule has 0 fully saturated rings. The molecule has 0 radical (unpaired) electrons. The molecule has 2 aliphatic rings. The van der Waals surface area contributed by atoms with Gasteiger partial charge in [-0.15, -0.1) is 0 Å². The maximum absolute atomic E-state index is 12.3. The van der Waals surface area contributed by atoms with E-state index < -0.39 is 5.97 Å². The SMILES string of the molecule is CC(=O)Oc1c2ssnc-2c2ccccc2c1=O. The molecule has 0 atom stereocenters. The summed E-state index contributed by atoms with van der Waals surface area (Å²) in [6.07, 6.45) is 0. The number of nitrogens with zero attached hydrogens (tertiary/aromatic N) is 1. The van der Waals surface area contributed by atoms with E-state index in [9.17, 15) is 9.59 Å². The predicted octanol–water partition coefficient (Wildman–Crippen LogP) is 2.75. The van der Waals surface area contributed by atoms with Crippen molar-refractivity contribution in [3.8, 4) is 16.3 Å². The summed E-state index contributed by atoms with van der Waals surface area (Å²) in [7, 11) is 2.62. The maximum atomic E-state index is 12.3. The maximum Gasteiger partial charge on any atom is 0.308 e. The predicted molar refractivity (Wildman–Crippen MR) is 71.7 cm³/mol. The van der Waals surface area contributed by atoms with Crippen LogP contribution in [-0.4, -0.2) is 10.3 Å². The second-order valence-electron chi connectivity index (χ2n) is 3.72. The van der Waals surface area contributed by atoms with Gasteiger partial charge in [-0.05, 0) is 0 Å². The monoisotopic (exact) mass is 277 g/mol. The Hall–Kier alpha value is -1.79. The van der Waals surface area contributed by atoms with Gasteiger partial charge in [0.1, 0.15) is 10.6 Å². The van der Waals surface area contributed by atoms with Crippen LogP contribution in [0, 0.1) is 0 Å². The van der Waals surface area contributed by atoms with Gasteiger partial charge in [-0.2, -0.15) is 4.37 Å². The number of hydrogen-bond acceptors (Lipinski definition) is 6. The summed E-state index contributed by atoms with van der Waals surface area (Å²) in [6.45, 7) is 1.28. The molecule has 0 unspecified atom stereocenters. The van der Waals surface area contributed by atoms with Crippen molar-refractivity contribution in [2.24, 2.45) is 0 Å². The summed E-state index contributed by atoms with van der Waals surface area (Å²) in [4.78, 5) is 24.0. The van der Waals surface area contributed by atoms with Gasteiger partial charge in [0.15, 0.2) is 5.75 Å². The first-order chi connectivity index (χ1) is 8.68. The molecular formula is C12H7NO3S2. The van der Waals surface area contributed by atoms with Crippen molar-refractivity contribution < 1.29 is 9.53 Å². The molecule has 1 aromatic carbocycles. The second kappa shape index (κ2) is 4.15. The minimum atomic E-state index is -0.498. The number of hydrogen-bond donors (Lipinski definition) is 0. The lowest BCUT2D eigenvalue weighted by atomic mass is 10.1. The average Bonchev–Trinajstić information content (AvgIpc) is 2.83. The Bertz CT molecular complexity index is 775. The van der Waals surface area contributed by atoms with Crippen molar-refractivity contribution in [2.75, 3.05) is 0 Å².